The number of fused-ring (bicyclic) bond motifs is 1. The number of hydrogen-bond acceptors (Lipinski definition) is 2. The fourth-order valence-corrected chi connectivity index (χ4v) is 1.63. The highest BCUT2D eigenvalue weighted by Gasteiger charge is 2.20. The third-order valence-corrected chi connectivity index (χ3v) is 2.56. The lowest BCUT2D eigenvalue weighted by Gasteiger charge is -2.17. The largest absolute Gasteiger partial charge is 0.491 e. The van der Waals surface area contributed by atoms with Gasteiger partial charge < -0.3 is 10.1 Å². The lowest BCUT2D eigenvalue weighted by atomic mass is 9.99. The number of ether oxygens (including phenoxy) is 1. The van der Waals surface area contributed by atoms with E-state index < -0.39 is 5.67 Å². The Kier molecular flexibility index (Phi) is 2.55. The smallest absolute Gasteiger partial charge is 0.142 e. The van der Waals surface area contributed by atoms with Gasteiger partial charge in [0.1, 0.15) is 11.4 Å². The van der Waals surface area contributed by atoms with Gasteiger partial charge in [-0.2, -0.15) is 0 Å². The zero-order chi connectivity index (χ0) is 10.9. The Balaban J connectivity index is 2.36. The predicted octanol–water partition coefficient (Wildman–Crippen LogP) is 3.09. The van der Waals surface area contributed by atoms with Crippen molar-refractivity contribution in [2.45, 2.75) is 25.9 Å². The van der Waals surface area contributed by atoms with Gasteiger partial charge in [-0.3, -0.25) is 0 Å². The fourth-order valence-electron chi connectivity index (χ4n) is 1.63. The molecule has 0 aromatic heterocycles. The highest BCUT2D eigenvalue weighted by atomic mass is 19.1. The molecule has 1 aromatic carbocycles. The van der Waals surface area contributed by atoms with Crippen molar-refractivity contribution in [1.29, 1.82) is 0 Å². The van der Waals surface area contributed by atoms with Gasteiger partial charge in [0.25, 0.3) is 0 Å². The topological polar surface area (TPSA) is 21.3 Å². The molecule has 1 N–H and O–H groups in total. The van der Waals surface area contributed by atoms with Gasteiger partial charge in [0.15, 0.2) is 0 Å². The summed E-state index contributed by atoms with van der Waals surface area (Å²) in [4.78, 5) is 0. The van der Waals surface area contributed by atoms with Crippen molar-refractivity contribution in [2.24, 2.45) is 0 Å². The summed E-state index contributed by atoms with van der Waals surface area (Å²) in [6.07, 6.45) is 0.975. The molecule has 0 radical (unpaired) electrons. The third-order valence-electron chi connectivity index (χ3n) is 2.56. The van der Waals surface area contributed by atoms with Crippen molar-refractivity contribution in [3.05, 3.63) is 23.8 Å². The number of rotatable bonds is 1. The van der Waals surface area contributed by atoms with Gasteiger partial charge in [-0.05, 0) is 38.0 Å². The molecule has 1 aliphatic heterocycles. The van der Waals surface area contributed by atoms with Crippen LogP contribution in [0.4, 0.5) is 10.1 Å². The number of halogens is 1. The van der Waals surface area contributed by atoms with E-state index >= 15 is 0 Å². The van der Waals surface area contributed by atoms with Crippen LogP contribution in [-0.4, -0.2) is 13.2 Å². The lowest BCUT2D eigenvalue weighted by Crippen LogP contribution is -2.09. The number of benzene rings is 1. The SMILES string of the molecule is CC(C)(F)c1ccc2c(c1)OCCCN2. The number of alkyl halides is 1. The second-order valence-electron chi connectivity index (χ2n) is 4.31. The van der Waals surface area contributed by atoms with E-state index in [1.54, 1.807) is 26.0 Å². The molecular weight excluding hydrogens is 193 g/mol. The Morgan fingerprint density at radius 2 is 2.20 bits per heavy atom. The van der Waals surface area contributed by atoms with Crippen LogP contribution < -0.4 is 10.1 Å². The van der Waals surface area contributed by atoms with E-state index in [9.17, 15) is 4.39 Å². The predicted molar refractivity (Wildman–Crippen MR) is 59.2 cm³/mol. The molecular formula is C12H16FNO. The summed E-state index contributed by atoms with van der Waals surface area (Å²) in [5, 5.41) is 3.26. The Hall–Kier alpha value is -1.25. The van der Waals surface area contributed by atoms with Crippen LogP contribution in [0.3, 0.4) is 0 Å². The molecule has 0 saturated carbocycles. The molecule has 1 aromatic rings. The van der Waals surface area contributed by atoms with Crippen LogP contribution in [0.1, 0.15) is 25.8 Å². The molecule has 2 nitrogen and oxygen atoms in total. The first-order valence-electron chi connectivity index (χ1n) is 5.27. The minimum Gasteiger partial charge on any atom is -0.491 e. The number of anilines is 1. The molecule has 0 atom stereocenters. The lowest BCUT2D eigenvalue weighted by molar-refractivity contribution is 0.220. The van der Waals surface area contributed by atoms with Crippen LogP contribution in [0.15, 0.2) is 18.2 Å². The summed E-state index contributed by atoms with van der Waals surface area (Å²) >= 11 is 0. The highest BCUT2D eigenvalue weighted by molar-refractivity contribution is 5.58. The van der Waals surface area contributed by atoms with E-state index in [0.29, 0.717) is 12.2 Å². The van der Waals surface area contributed by atoms with E-state index in [2.05, 4.69) is 5.32 Å². The van der Waals surface area contributed by atoms with Crippen LogP contribution in [0.5, 0.6) is 5.75 Å². The minimum absolute atomic E-state index is 0.657. The third kappa shape index (κ3) is 2.22. The van der Waals surface area contributed by atoms with Crippen molar-refractivity contribution in [3.63, 3.8) is 0 Å². The first-order chi connectivity index (χ1) is 7.07. The van der Waals surface area contributed by atoms with Gasteiger partial charge in [-0.25, -0.2) is 4.39 Å². The van der Waals surface area contributed by atoms with Crippen molar-refractivity contribution < 1.29 is 9.13 Å². The Morgan fingerprint density at radius 1 is 1.40 bits per heavy atom. The summed E-state index contributed by atoms with van der Waals surface area (Å²) in [7, 11) is 0. The van der Waals surface area contributed by atoms with Crippen molar-refractivity contribution in [1.82, 2.24) is 0 Å². The maximum absolute atomic E-state index is 13.7. The van der Waals surface area contributed by atoms with Gasteiger partial charge >= 0.3 is 0 Å². The maximum Gasteiger partial charge on any atom is 0.142 e. The van der Waals surface area contributed by atoms with Crippen LogP contribution in [-0.2, 0) is 5.67 Å². The van der Waals surface area contributed by atoms with E-state index in [4.69, 9.17) is 4.74 Å². The van der Waals surface area contributed by atoms with E-state index in [-0.39, 0.29) is 0 Å². The Labute approximate surface area is 89.4 Å². The molecule has 0 aliphatic carbocycles. The fraction of sp³-hybridized carbons (Fsp3) is 0.500. The average molecular weight is 209 g/mol. The Morgan fingerprint density at radius 3 is 2.93 bits per heavy atom. The first kappa shape index (κ1) is 10.3. The van der Waals surface area contributed by atoms with Crippen LogP contribution in [0, 0.1) is 0 Å². The molecule has 0 spiro atoms. The summed E-state index contributed by atoms with van der Waals surface area (Å²) in [5.74, 6) is 0.760. The molecule has 0 amide bonds. The second kappa shape index (κ2) is 3.72. The molecule has 2 rings (SSSR count). The minimum atomic E-state index is -1.31. The highest BCUT2D eigenvalue weighted by Crippen LogP contribution is 2.33. The van der Waals surface area contributed by atoms with Gasteiger partial charge in [0.05, 0.1) is 12.3 Å². The zero-order valence-corrected chi connectivity index (χ0v) is 9.14. The number of hydrogen-bond donors (Lipinski definition) is 1. The monoisotopic (exact) mass is 209 g/mol. The molecule has 0 unspecified atom stereocenters. The molecule has 0 fully saturated rings. The van der Waals surface area contributed by atoms with Crippen molar-refractivity contribution >= 4 is 5.69 Å². The van der Waals surface area contributed by atoms with Crippen LogP contribution in [0.25, 0.3) is 0 Å². The van der Waals surface area contributed by atoms with Crippen LogP contribution in [0.2, 0.25) is 0 Å². The summed E-state index contributed by atoms with van der Waals surface area (Å²) in [6.45, 7) is 4.71. The standard InChI is InChI=1S/C12H16FNO/c1-12(2,13)9-4-5-10-11(8-9)15-7-3-6-14-10/h4-5,8,14H,3,6-7H2,1-2H3. The molecule has 3 heteroatoms. The van der Waals surface area contributed by atoms with E-state index in [0.717, 1.165) is 24.4 Å². The molecule has 15 heavy (non-hydrogen) atoms. The molecule has 0 saturated heterocycles. The summed E-state index contributed by atoms with van der Waals surface area (Å²) < 4.78 is 19.3. The van der Waals surface area contributed by atoms with Gasteiger partial charge in [-0.1, -0.05) is 6.07 Å². The summed E-state index contributed by atoms with van der Waals surface area (Å²) in [5.41, 5.74) is 0.301. The molecule has 0 bridgehead atoms. The quantitative estimate of drug-likeness (QED) is 0.767. The Bertz CT molecular complexity index is 357. The van der Waals surface area contributed by atoms with Crippen molar-refractivity contribution in [2.75, 3.05) is 18.5 Å². The van der Waals surface area contributed by atoms with Crippen LogP contribution >= 0.6 is 0 Å². The normalized spacial score (nSPS) is 15.9. The molecule has 1 aliphatic rings. The van der Waals surface area contributed by atoms with Crippen molar-refractivity contribution in [3.8, 4) is 5.75 Å². The molecule has 82 valence electrons. The zero-order valence-electron chi connectivity index (χ0n) is 9.14. The van der Waals surface area contributed by atoms with E-state index in [1.165, 1.54) is 0 Å². The average Bonchev–Trinajstić information content (AvgIpc) is 2.39. The number of nitrogens with one attached hydrogen (secondary N) is 1. The van der Waals surface area contributed by atoms with E-state index in [1.807, 2.05) is 6.07 Å². The van der Waals surface area contributed by atoms with Gasteiger partial charge in [-0.15, -0.1) is 0 Å². The molecule has 1 heterocycles. The first-order valence-corrected chi connectivity index (χ1v) is 5.27. The van der Waals surface area contributed by atoms with Gasteiger partial charge in [0, 0.05) is 6.54 Å². The van der Waals surface area contributed by atoms with Gasteiger partial charge in [0.2, 0.25) is 0 Å². The maximum atomic E-state index is 13.7. The second-order valence-corrected chi connectivity index (χ2v) is 4.31. The summed E-state index contributed by atoms with van der Waals surface area (Å²) in [6, 6.07) is 5.48.